The van der Waals surface area contributed by atoms with Gasteiger partial charge in [-0.2, -0.15) is 4.31 Å². The second-order valence-corrected chi connectivity index (χ2v) is 7.84. The largest absolute Gasteiger partial charge is 0.293 e. The van der Waals surface area contributed by atoms with E-state index in [1.807, 2.05) is 0 Å². The maximum Gasteiger partial charge on any atom is 0.246 e. The van der Waals surface area contributed by atoms with Crippen LogP contribution < -0.4 is 0 Å². The number of halogens is 1. The fraction of sp³-hybridized carbons (Fsp3) is 0.533. The molecule has 0 N–H and O–H groups in total. The van der Waals surface area contributed by atoms with E-state index in [2.05, 4.69) is 27.3 Å². The van der Waals surface area contributed by atoms with Crippen molar-refractivity contribution < 1.29 is 12.8 Å². The Bertz CT molecular complexity index is 817. The summed E-state index contributed by atoms with van der Waals surface area (Å²) in [6.45, 7) is 5.10. The topological polar surface area (TPSA) is 84.2 Å². The zero-order valence-corrected chi connectivity index (χ0v) is 14.9. The minimum absolute atomic E-state index is 0.268. The van der Waals surface area contributed by atoms with Crippen molar-refractivity contribution in [2.24, 2.45) is 0 Å². The summed E-state index contributed by atoms with van der Waals surface area (Å²) in [6, 6.07) is 5.47. The summed E-state index contributed by atoms with van der Waals surface area (Å²) in [5, 5.41) is 11.7. The standard InChI is InChI=1S/C15H21FN6O2S/c1-2-7-22-15(17-18-19-22)12-20-8-10-21(11-9-20)25(23,24)14-6-4-3-5-13(14)16/h3-6H,2,7-12H2,1H3. The Kier molecular flexibility index (Phi) is 5.40. The van der Waals surface area contributed by atoms with Crippen LogP contribution in [0, 0.1) is 5.82 Å². The van der Waals surface area contributed by atoms with Crippen LogP contribution in [0.1, 0.15) is 19.2 Å². The number of piperazine rings is 1. The molecule has 25 heavy (non-hydrogen) atoms. The number of nitrogens with zero attached hydrogens (tertiary/aromatic N) is 6. The number of sulfonamides is 1. The van der Waals surface area contributed by atoms with Crippen molar-refractivity contribution in [1.82, 2.24) is 29.4 Å². The zero-order chi connectivity index (χ0) is 17.9. The number of tetrazole rings is 1. The molecule has 0 unspecified atom stereocenters. The molecule has 1 aliphatic heterocycles. The van der Waals surface area contributed by atoms with Crippen LogP contribution >= 0.6 is 0 Å². The first-order valence-corrected chi connectivity index (χ1v) is 9.68. The Morgan fingerprint density at radius 3 is 2.56 bits per heavy atom. The van der Waals surface area contributed by atoms with E-state index in [9.17, 15) is 12.8 Å². The van der Waals surface area contributed by atoms with Crippen molar-refractivity contribution in [3.63, 3.8) is 0 Å². The Morgan fingerprint density at radius 1 is 1.16 bits per heavy atom. The molecule has 0 amide bonds. The minimum Gasteiger partial charge on any atom is -0.293 e. The molecule has 0 saturated carbocycles. The quantitative estimate of drug-likeness (QED) is 0.747. The number of aryl methyl sites for hydroxylation is 1. The lowest BCUT2D eigenvalue weighted by molar-refractivity contribution is 0.175. The van der Waals surface area contributed by atoms with E-state index in [1.165, 1.54) is 22.5 Å². The van der Waals surface area contributed by atoms with Gasteiger partial charge in [0.15, 0.2) is 5.82 Å². The third kappa shape index (κ3) is 3.86. The molecule has 1 saturated heterocycles. The molecular weight excluding hydrogens is 347 g/mol. The number of rotatable bonds is 6. The predicted octanol–water partition coefficient (Wildman–Crippen LogP) is 0.729. The Morgan fingerprint density at radius 2 is 1.88 bits per heavy atom. The van der Waals surface area contributed by atoms with E-state index < -0.39 is 15.8 Å². The normalized spacial score (nSPS) is 17.0. The van der Waals surface area contributed by atoms with Crippen LogP contribution in [0.5, 0.6) is 0 Å². The second kappa shape index (κ2) is 7.54. The first-order valence-electron chi connectivity index (χ1n) is 8.24. The molecule has 0 spiro atoms. The van der Waals surface area contributed by atoms with Crippen molar-refractivity contribution in [1.29, 1.82) is 0 Å². The van der Waals surface area contributed by atoms with Crippen molar-refractivity contribution >= 4 is 10.0 Å². The van der Waals surface area contributed by atoms with Gasteiger partial charge in [-0.25, -0.2) is 17.5 Å². The molecule has 0 aliphatic carbocycles. The molecule has 0 radical (unpaired) electrons. The predicted molar refractivity (Wildman–Crippen MR) is 88.5 cm³/mol. The first-order chi connectivity index (χ1) is 12.0. The summed E-state index contributed by atoms with van der Waals surface area (Å²) in [7, 11) is -3.81. The number of hydrogen-bond donors (Lipinski definition) is 0. The van der Waals surface area contributed by atoms with Gasteiger partial charge in [-0.05, 0) is 29.0 Å². The summed E-state index contributed by atoms with van der Waals surface area (Å²) in [6.07, 6.45) is 0.937. The molecule has 2 heterocycles. The third-order valence-electron chi connectivity index (χ3n) is 4.19. The molecule has 3 rings (SSSR count). The minimum atomic E-state index is -3.81. The second-order valence-electron chi connectivity index (χ2n) is 5.93. The van der Waals surface area contributed by atoms with E-state index in [1.54, 1.807) is 4.68 Å². The Labute approximate surface area is 146 Å². The van der Waals surface area contributed by atoms with Crippen molar-refractivity contribution in [3.8, 4) is 0 Å². The van der Waals surface area contributed by atoms with Gasteiger partial charge in [0.25, 0.3) is 0 Å². The molecule has 10 heteroatoms. The van der Waals surface area contributed by atoms with E-state index in [-0.39, 0.29) is 4.90 Å². The van der Waals surface area contributed by atoms with Gasteiger partial charge in [-0.1, -0.05) is 19.1 Å². The maximum absolute atomic E-state index is 13.8. The SMILES string of the molecule is CCCn1nnnc1CN1CCN(S(=O)(=O)c2ccccc2F)CC1. The summed E-state index contributed by atoms with van der Waals surface area (Å²) in [5.74, 6) is 0.0518. The van der Waals surface area contributed by atoms with E-state index >= 15 is 0 Å². The van der Waals surface area contributed by atoms with Crippen LogP contribution in [0.25, 0.3) is 0 Å². The summed E-state index contributed by atoms with van der Waals surface area (Å²) in [5.41, 5.74) is 0. The van der Waals surface area contributed by atoms with E-state index in [0.29, 0.717) is 32.7 Å². The highest BCUT2D eigenvalue weighted by Gasteiger charge is 2.30. The lowest BCUT2D eigenvalue weighted by Gasteiger charge is -2.33. The van der Waals surface area contributed by atoms with Gasteiger partial charge >= 0.3 is 0 Å². The molecule has 1 aliphatic rings. The molecule has 0 atom stereocenters. The van der Waals surface area contributed by atoms with Crippen LogP contribution in [0.3, 0.4) is 0 Å². The molecule has 1 aromatic heterocycles. The molecule has 136 valence electrons. The third-order valence-corrected chi connectivity index (χ3v) is 6.12. The number of benzene rings is 1. The van der Waals surface area contributed by atoms with Crippen molar-refractivity contribution in [3.05, 3.63) is 35.9 Å². The van der Waals surface area contributed by atoms with Gasteiger partial charge in [0.1, 0.15) is 10.7 Å². The van der Waals surface area contributed by atoms with Gasteiger partial charge in [0.2, 0.25) is 10.0 Å². The van der Waals surface area contributed by atoms with E-state index in [4.69, 9.17) is 0 Å². The van der Waals surface area contributed by atoms with E-state index in [0.717, 1.165) is 24.9 Å². The van der Waals surface area contributed by atoms with Crippen LogP contribution in [0.15, 0.2) is 29.2 Å². The number of hydrogen-bond acceptors (Lipinski definition) is 6. The highest BCUT2D eigenvalue weighted by molar-refractivity contribution is 7.89. The average molecular weight is 368 g/mol. The molecular formula is C15H21FN6O2S. The smallest absolute Gasteiger partial charge is 0.246 e. The molecule has 1 fully saturated rings. The zero-order valence-electron chi connectivity index (χ0n) is 14.0. The Hall–Kier alpha value is -1.91. The molecule has 2 aromatic rings. The highest BCUT2D eigenvalue weighted by atomic mass is 32.2. The average Bonchev–Trinajstić information content (AvgIpc) is 3.03. The molecule has 8 nitrogen and oxygen atoms in total. The molecule has 1 aromatic carbocycles. The van der Waals surface area contributed by atoms with Gasteiger partial charge in [-0.15, -0.1) is 5.10 Å². The fourth-order valence-corrected chi connectivity index (χ4v) is 4.33. The summed E-state index contributed by atoms with van der Waals surface area (Å²) in [4.78, 5) is 1.83. The lowest BCUT2D eigenvalue weighted by Crippen LogP contribution is -2.48. The first kappa shape index (κ1) is 17.9. The highest BCUT2D eigenvalue weighted by Crippen LogP contribution is 2.20. The summed E-state index contributed by atoms with van der Waals surface area (Å²) >= 11 is 0. The van der Waals surface area contributed by atoms with Gasteiger partial charge in [0, 0.05) is 32.7 Å². The van der Waals surface area contributed by atoms with Gasteiger partial charge in [-0.3, -0.25) is 4.90 Å². The van der Waals surface area contributed by atoms with Crippen molar-refractivity contribution in [2.75, 3.05) is 26.2 Å². The van der Waals surface area contributed by atoms with Crippen LogP contribution in [0.2, 0.25) is 0 Å². The lowest BCUT2D eigenvalue weighted by atomic mass is 10.3. The van der Waals surface area contributed by atoms with Crippen LogP contribution in [-0.4, -0.2) is 64.0 Å². The van der Waals surface area contributed by atoms with Gasteiger partial charge < -0.3 is 0 Å². The Balaban J connectivity index is 1.64. The van der Waals surface area contributed by atoms with Crippen LogP contribution in [-0.2, 0) is 23.1 Å². The maximum atomic E-state index is 13.8. The van der Waals surface area contributed by atoms with Crippen molar-refractivity contribution in [2.45, 2.75) is 31.3 Å². The van der Waals surface area contributed by atoms with Gasteiger partial charge in [0.05, 0.1) is 6.54 Å². The van der Waals surface area contributed by atoms with Crippen LogP contribution in [0.4, 0.5) is 4.39 Å². The fourth-order valence-electron chi connectivity index (χ4n) is 2.84. The number of aromatic nitrogens is 4. The molecule has 0 bridgehead atoms. The summed E-state index contributed by atoms with van der Waals surface area (Å²) < 4.78 is 42.1. The monoisotopic (exact) mass is 368 g/mol.